The van der Waals surface area contributed by atoms with Crippen molar-refractivity contribution in [1.82, 2.24) is 0 Å². The molecule has 0 atom stereocenters. The van der Waals surface area contributed by atoms with Crippen LogP contribution in [0.25, 0.3) is 0 Å². The topological polar surface area (TPSA) is 9.23 Å². The molecule has 0 saturated heterocycles. The zero-order valence-corrected chi connectivity index (χ0v) is 10.2. The first-order valence-corrected chi connectivity index (χ1v) is 5.97. The van der Waals surface area contributed by atoms with Crippen LogP contribution in [0.15, 0.2) is 18.2 Å². The molecule has 0 aromatic heterocycles. The number of ether oxygens (including phenoxy) is 1. The number of benzene rings is 1. The van der Waals surface area contributed by atoms with Crippen molar-refractivity contribution in [3.8, 4) is 5.75 Å². The Bertz CT molecular complexity index is 269. The van der Waals surface area contributed by atoms with E-state index < -0.39 is 0 Å². The zero-order chi connectivity index (χ0) is 11.1. The molecule has 15 heavy (non-hydrogen) atoms. The smallest absolute Gasteiger partial charge is 0.119 e. The molecular formula is C14H22O. The van der Waals surface area contributed by atoms with E-state index in [4.69, 9.17) is 4.74 Å². The van der Waals surface area contributed by atoms with Crippen molar-refractivity contribution in [1.29, 1.82) is 0 Å². The van der Waals surface area contributed by atoms with Gasteiger partial charge < -0.3 is 4.74 Å². The minimum absolute atomic E-state index is 1.00. The summed E-state index contributed by atoms with van der Waals surface area (Å²) in [7, 11) is 1.74. The SMILES string of the molecule is CCCCCc1cc(CC)cc(OC)c1. The first-order chi connectivity index (χ1) is 7.30. The van der Waals surface area contributed by atoms with Gasteiger partial charge in [-0.1, -0.05) is 32.8 Å². The second-order valence-electron chi connectivity index (χ2n) is 4.00. The zero-order valence-electron chi connectivity index (χ0n) is 10.2. The van der Waals surface area contributed by atoms with Gasteiger partial charge in [0.2, 0.25) is 0 Å². The Labute approximate surface area is 93.5 Å². The maximum atomic E-state index is 5.30. The molecule has 84 valence electrons. The normalized spacial score (nSPS) is 10.3. The third kappa shape index (κ3) is 3.94. The second kappa shape index (κ2) is 6.49. The molecule has 0 aliphatic heterocycles. The number of hydrogen-bond acceptors (Lipinski definition) is 1. The van der Waals surface area contributed by atoms with Crippen LogP contribution in [0.5, 0.6) is 5.75 Å². The van der Waals surface area contributed by atoms with Crippen LogP contribution >= 0.6 is 0 Å². The fourth-order valence-electron chi connectivity index (χ4n) is 1.77. The van der Waals surface area contributed by atoms with Crippen molar-refractivity contribution in [3.63, 3.8) is 0 Å². The van der Waals surface area contributed by atoms with E-state index in [1.807, 2.05) is 0 Å². The van der Waals surface area contributed by atoms with Gasteiger partial charge in [0, 0.05) is 0 Å². The van der Waals surface area contributed by atoms with Gasteiger partial charge in [0.1, 0.15) is 5.75 Å². The van der Waals surface area contributed by atoms with Gasteiger partial charge in [-0.3, -0.25) is 0 Å². The van der Waals surface area contributed by atoms with Gasteiger partial charge >= 0.3 is 0 Å². The minimum atomic E-state index is 1.00. The van der Waals surface area contributed by atoms with Crippen LogP contribution in [0.1, 0.15) is 44.2 Å². The van der Waals surface area contributed by atoms with E-state index in [0.717, 1.165) is 12.2 Å². The van der Waals surface area contributed by atoms with Crippen molar-refractivity contribution in [3.05, 3.63) is 29.3 Å². The van der Waals surface area contributed by atoms with E-state index in [2.05, 4.69) is 32.0 Å². The van der Waals surface area contributed by atoms with E-state index in [1.54, 1.807) is 7.11 Å². The molecule has 1 aromatic rings. The van der Waals surface area contributed by atoms with Crippen LogP contribution in [0, 0.1) is 0 Å². The lowest BCUT2D eigenvalue weighted by Gasteiger charge is -2.07. The molecule has 0 saturated carbocycles. The number of rotatable bonds is 6. The number of unbranched alkanes of at least 4 members (excludes halogenated alkanes) is 2. The number of methoxy groups -OCH3 is 1. The highest BCUT2D eigenvalue weighted by Gasteiger charge is 2.00. The quantitative estimate of drug-likeness (QED) is 0.639. The van der Waals surface area contributed by atoms with Crippen molar-refractivity contribution >= 4 is 0 Å². The predicted octanol–water partition coefficient (Wildman–Crippen LogP) is 3.99. The van der Waals surface area contributed by atoms with Crippen molar-refractivity contribution in [2.75, 3.05) is 7.11 Å². The van der Waals surface area contributed by atoms with Crippen LogP contribution in [-0.4, -0.2) is 7.11 Å². The molecule has 0 N–H and O–H groups in total. The predicted molar refractivity (Wildman–Crippen MR) is 65.6 cm³/mol. The standard InChI is InChI=1S/C14H22O/c1-4-6-7-8-13-9-12(5-2)10-14(11-13)15-3/h9-11H,4-8H2,1-3H3. The molecule has 0 amide bonds. The number of hydrogen-bond donors (Lipinski definition) is 0. The maximum Gasteiger partial charge on any atom is 0.119 e. The third-order valence-corrected chi connectivity index (χ3v) is 2.74. The van der Waals surface area contributed by atoms with Crippen LogP contribution in [0.2, 0.25) is 0 Å². The summed E-state index contributed by atoms with van der Waals surface area (Å²) < 4.78 is 5.30. The highest BCUT2D eigenvalue weighted by atomic mass is 16.5. The fraction of sp³-hybridized carbons (Fsp3) is 0.571. The first-order valence-electron chi connectivity index (χ1n) is 5.97. The highest BCUT2D eigenvalue weighted by Crippen LogP contribution is 2.19. The molecule has 0 radical (unpaired) electrons. The lowest BCUT2D eigenvalue weighted by atomic mass is 10.0. The molecule has 0 heterocycles. The molecular weight excluding hydrogens is 184 g/mol. The molecule has 0 fully saturated rings. The first kappa shape index (κ1) is 12.1. The van der Waals surface area contributed by atoms with Crippen LogP contribution in [-0.2, 0) is 12.8 Å². The van der Waals surface area contributed by atoms with E-state index in [9.17, 15) is 0 Å². The molecule has 0 bridgehead atoms. The Balaban J connectivity index is 2.68. The summed E-state index contributed by atoms with van der Waals surface area (Å²) in [6.07, 6.45) is 6.14. The minimum Gasteiger partial charge on any atom is -0.497 e. The molecule has 1 aromatic carbocycles. The molecule has 1 heteroatoms. The Morgan fingerprint density at radius 3 is 2.33 bits per heavy atom. The summed E-state index contributed by atoms with van der Waals surface area (Å²) in [6.45, 7) is 4.42. The maximum absolute atomic E-state index is 5.30. The van der Waals surface area contributed by atoms with E-state index >= 15 is 0 Å². The summed E-state index contributed by atoms with van der Waals surface area (Å²) in [4.78, 5) is 0. The highest BCUT2D eigenvalue weighted by molar-refractivity contribution is 5.34. The molecule has 1 rings (SSSR count). The van der Waals surface area contributed by atoms with E-state index in [0.29, 0.717) is 0 Å². The van der Waals surface area contributed by atoms with E-state index in [-0.39, 0.29) is 0 Å². The van der Waals surface area contributed by atoms with Crippen molar-refractivity contribution in [2.45, 2.75) is 46.0 Å². The largest absolute Gasteiger partial charge is 0.497 e. The lowest BCUT2D eigenvalue weighted by Crippen LogP contribution is -1.92. The van der Waals surface area contributed by atoms with Crippen LogP contribution in [0.3, 0.4) is 0 Å². The summed E-state index contributed by atoms with van der Waals surface area (Å²) in [5.41, 5.74) is 2.79. The van der Waals surface area contributed by atoms with Gasteiger partial charge in [-0.2, -0.15) is 0 Å². The average Bonchev–Trinajstić information content (AvgIpc) is 2.29. The number of aryl methyl sites for hydroxylation is 2. The lowest BCUT2D eigenvalue weighted by molar-refractivity contribution is 0.413. The molecule has 0 aliphatic carbocycles. The van der Waals surface area contributed by atoms with Crippen LogP contribution < -0.4 is 4.74 Å². The summed E-state index contributed by atoms with van der Waals surface area (Å²) in [5.74, 6) is 1.00. The molecule has 0 aliphatic rings. The Morgan fingerprint density at radius 2 is 1.73 bits per heavy atom. The van der Waals surface area contributed by atoms with Gasteiger partial charge in [0.05, 0.1) is 7.11 Å². The molecule has 0 spiro atoms. The second-order valence-corrected chi connectivity index (χ2v) is 4.00. The van der Waals surface area contributed by atoms with Gasteiger partial charge in [-0.05, 0) is 42.5 Å². The van der Waals surface area contributed by atoms with Gasteiger partial charge in [0.15, 0.2) is 0 Å². The van der Waals surface area contributed by atoms with Gasteiger partial charge in [-0.25, -0.2) is 0 Å². The Kier molecular flexibility index (Phi) is 5.23. The Hall–Kier alpha value is -0.980. The van der Waals surface area contributed by atoms with Gasteiger partial charge in [-0.15, -0.1) is 0 Å². The molecule has 0 unspecified atom stereocenters. The fourth-order valence-corrected chi connectivity index (χ4v) is 1.77. The Morgan fingerprint density at radius 1 is 1.00 bits per heavy atom. The summed E-state index contributed by atoms with van der Waals surface area (Å²) in [6, 6.07) is 6.59. The summed E-state index contributed by atoms with van der Waals surface area (Å²) in [5, 5.41) is 0. The molecule has 1 nitrogen and oxygen atoms in total. The van der Waals surface area contributed by atoms with Crippen LogP contribution in [0.4, 0.5) is 0 Å². The van der Waals surface area contributed by atoms with Crippen molar-refractivity contribution in [2.24, 2.45) is 0 Å². The average molecular weight is 206 g/mol. The third-order valence-electron chi connectivity index (χ3n) is 2.74. The van der Waals surface area contributed by atoms with Crippen molar-refractivity contribution < 1.29 is 4.74 Å². The monoisotopic (exact) mass is 206 g/mol. The summed E-state index contributed by atoms with van der Waals surface area (Å²) >= 11 is 0. The van der Waals surface area contributed by atoms with E-state index in [1.165, 1.54) is 36.8 Å². The van der Waals surface area contributed by atoms with Gasteiger partial charge in [0.25, 0.3) is 0 Å².